The first-order chi connectivity index (χ1) is 51.5. The van der Waals surface area contributed by atoms with Crippen LogP contribution >= 0.6 is 0 Å². The summed E-state index contributed by atoms with van der Waals surface area (Å²) in [7, 11) is 2.43. The normalized spacial score (nSPS) is 10.5. The largest absolute Gasteiger partial charge is 3.00 e. The Balaban J connectivity index is -0.00000131. The molecule has 0 aliphatic carbocycles. The summed E-state index contributed by atoms with van der Waals surface area (Å²) in [6, 6.07) is 6.15. The molecule has 111 heavy (non-hydrogen) atoms. The first kappa shape index (κ1) is 109. The Morgan fingerprint density at radius 2 is 0.360 bits per heavy atom. The number of hydrogen-bond acceptors (Lipinski definition) is 1. The molecular weight excluding hydrogens is 1580 g/mol. The summed E-state index contributed by atoms with van der Waals surface area (Å²) in [5.41, 5.74) is 0. The van der Waals surface area contributed by atoms with Gasteiger partial charge in [0.2, 0.25) is 0 Å². The van der Waals surface area contributed by atoms with Crippen molar-refractivity contribution in [2.24, 2.45) is 0 Å². The van der Waals surface area contributed by atoms with Gasteiger partial charge in [-0.3, -0.25) is 52.7 Å². The van der Waals surface area contributed by atoms with Crippen molar-refractivity contribution in [2.45, 2.75) is 219 Å². The van der Waals surface area contributed by atoms with Crippen molar-refractivity contribution in [3.8, 4) is 0 Å². The minimum Gasteiger partial charge on any atom is -0.450 e. The predicted molar refractivity (Wildman–Crippen MR) is 355 cm³/mol. The van der Waals surface area contributed by atoms with E-state index >= 15 is 0 Å². The van der Waals surface area contributed by atoms with E-state index in [1.165, 1.54) is 225 Å². The summed E-state index contributed by atoms with van der Waals surface area (Å²) >= 11 is 0. The molecule has 3 nitrogen and oxygen atoms in total. The number of imidazole rings is 1. The van der Waals surface area contributed by atoms with E-state index in [9.17, 15) is 132 Å². The zero-order valence-electron chi connectivity index (χ0n) is 60.7. The van der Waals surface area contributed by atoms with Crippen molar-refractivity contribution in [3.05, 3.63) is 230 Å². The first-order valence-corrected chi connectivity index (χ1v) is 34.7. The van der Waals surface area contributed by atoms with Crippen molar-refractivity contribution in [2.75, 3.05) is 20.1 Å². The number of quaternary nitrogens is 1. The summed E-state index contributed by atoms with van der Waals surface area (Å²) in [6.45, 7) is 7.42. The molecule has 0 saturated carbocycles. The third-order valence-corrected chi connectivity index (χ3v) is 15.2. The van der Waals surface area contributed by atoms with E-state index in [-0.39, 0.29) is 34.7 Å². The average molecular weight is 1660 g/mol. The Hall–Kier alpha value is -6.55. The zero-order chi connectivity index (χ0) is 82.7. The van der Waals surface area contributed by atoms with Crippen molar-refractivity contribution in [3.63, 3.8) is 0 Å². The van der Waals surface area contributed by atoms with Crippen LogP contribution in [0.5, 0.6) is 0 Å². The van der Waals surface area contributed by atoms with Gasteiger partial charge in [0, 0.05) is 0 Å². The fourth-order valence-corrected chi connectivity index (χ4v) is 9.24. The zero-order valence-corrected chi connectivity index (χ0v) is 63.0. The van der Waals surface area contributed by atoms with E-state index in [1.54, 1.807) is 17.3 Å². The van der Waals surface area contributed by atoms with Gasteiger partial charge >= 0.3 is 34.7 Å². The third kappa shape index (κ3) is 44.6. The second kappa shape index (κ2) is 62.8. The van der Waals surface area contributed by atoms with E-state index in [1.807, 2.05) is 0 Å². The molecule has 7 aromatic rings. The predicted octanol–water partition coefficient (Wildman–Crippen LogP) is 24.4. The van der Waals surface area contributed by atoms with Crippen molar-refractivity contribution < 1.29 is 137 Å². The van der Waals surface area contributed by atoms with Gasteiger partial charge in [-0.05, 0) is 25.7 Å². The molecular formula is C76H81Al2F30N3. The Bertz CT molecular complexity index is 2980. The Morgan fingerprint density at radius 3 is 0.468 bits per heavy atom. The van der Waals surface area contributed by atoms with Gasteiger partial charge in [-0.25, -0.2) is 79.0 Å². The van der Waals surface area contributed by atoms with Crippen LogP contribution in [0.1, 0.15) is 219 Å². The van der Waals surface area contributed by atoms with Gasteiger partial charge in [0.25, 0.3) is 0 Å². The number of benzene rings is 6. The molecule has 1 heterocycles. The van der Waals surface area contributed by atoms with Crippen LogP contribution in [0.4, 0.5) is 132 Å². The molecule has 0 bridgehead atoms. The molecule has 7 rings (SSSR count). The number of aromatic nitrogens is 2. The van der Waals surface area contributed by atoms with Crippen molar-refractivity contribution in [1.82, 2.24) is 9.97 Å². The van der Waals surface area contributed by atoms with E-state index in [2.05, 4.69) is 30.9 Å². The Morgan fingerprint density at radius 1 is 0.225 bits per heavy atom. The van der Waals surface area contributed by atoms with E-state index in [0.29, 0.717) is 0 Å². The average Bonchev–Trinajstić information content (AvgIpc) is 1.56. The molecule has 1 N–H and O–H groups in total. The minimum absolute atomic E-state index is 0. The maximum absolute atomic E-state index is 12.0. The number of nitrogens with zero attached hydrogens (tertiary/aromatic N) is 2. The maximum Gasteiger partial charge on any atom is 3.00 e. The van der Waals surface area contributed by atoms with Crippen LogP contribution in [-0.4, -0.2) is 59.8 Å². The molecule has 0 aliphatic heterocycles. The molecule has 0 fully saturated rings. The standard InChI is InChI=1S/C37H77N.6C6F5.C3H3N2.2Al/c1-4-6-8-10-12-14-16-18-20-22-24-26-28-30-32-34-36-38(3)37-35-33-31-29-27-25-23-21-19-17-15-13-11-9-7-5-2;6*7-2-1-3(8)5(10)6(11)4(2)9;1-2-5-3-4-1;;/h4-37H2,1-3H3;;;;;;;1-3H;;/q;7*-1;2*+3/p+1. The molecule has 0 unspecified atom stereocenters. The molecule has 6 aromatic carbocycles. The molecule has 0 amide bonds. The minimum atomic E-state index is -2.17. The molecule has 1 aromatic heterocycles. The summed E-state index contributed by atoms with van der Waals surface area (Å²) in [4.78, 5) is 9.00. The number of hydrogen-bond donors (Lipinski definition) is 1. The maximum atomic E-state index is 12.0. The van der Waals surface area contributed by atoms with Gasteiger partial charge in [-0.2, -0.15) is 0 Å². The van der Waals surface area contributed by atoms with Gasteiger partial charge in [0.15, 0.2) is 0 Å². The molecule has 0 atom stereocenters. The summed E-state index contributed by atoms with van der Waals surface area (Å²) in [5.74, 6) is -60.3. The second-order valence-corrected chi connectivity index (χ2v) is 23.9. The van der Waals surface area contributed by atoms with E-state index < -0.39 is 175 Å². The fraction of sp³-hybridized carbons (Fsp3) is 0.487. The van der Waals surface area contributed by atoms with Crippen LogP contribution in [0.15, 0.2) is 18.7 Å². The van der Waals surface area contributed by atoms with Gasteiger partial charge in [-0.1, -0.05) is 212 Å². The van der Waals surface area contributed by atoms with Gasteiger partial charge in [0.05, 0.1) is 195 Å². The molecule has 616 valence electrons. The Kier molecular flexibility index (Phi) is 61.5. The van der Waals surface area contributed by atoms with Gasteiger partial charge in [-0.15, -0.1) is 36.4 Å². The van der Waals surface area contributed by atoms with Gasteiger partial charge < -0.3 is 14.9 Å². The van der Waals surface area contributed by atoms with Crippen LogP contribution in [0.3, 0.4) is 0 Å². The smallest absolute Gasteiger partial charge is 0.450 e. The van der Waals surface area contributed by atoms with Gasteiger partial charge in [0.1, 0.15) is 0 Å². The van der Waals surface area contributed by atoms with Crippen LogP contribution in [-0.2, 0) is 0 Å². The molecule has 0 spiro atoms. The number of nitrogens with one attached hydrogen (secondary N) is 1. The Labute approximate surface area is 647 Å². The summed E-state index contributed by atoms with van der Waals surface area (Å²) < 4.78 is 359. The van der Waals surface area contributed by atoms with Crippen LogP contribution in [0.2, 0.25) is 0 Å². The van der Waals surface area contributed by atoms with Crippen molar-refractivity contribution in [1.29, 1.82) is 0 Å². The van der Waals surface area contributed by atoms with E-state index in [4.69, 9.17) is 0 Å². The topological polar surface area (TPSA) is 31.4 Å². The molecule has 35 heteroatoms. The monoisotopic (exact) mass is 1660 g/mol. The number of rotatable bonds is 34. The second-order valence-electron chi connectivity index (χ2n) is 23.9. The van der Waals surface area contributed by atoms with Crippen LogP contribution in [0.25, 0.3) is 0 Å². The van der Waals surface area contributed by atoms with Crippen LogP contribution < -0.4 is 9.88 Å². The SMILES string of the molecule is CCCCCCCCCCCCCCCCCC[NH+](C)CCCCCCCCCCCCCCCCCC.Fc1[c-]c(F)c(F)c(F)c1F.Fc1[c-]c(F)c(F)c(F)c1F.Fc1[c-]c(F)c(F)c(F)c1F.Fc1[c-]c(F)c(F)c(F)c1F.Fc1[c-]c(F)c(F)c(F)c1F.Fc1[c-]c(F)c(F)c(F)c1F.[Al+3].[Al+3].c1c[n-]cn1. The number of halogens is 30. The third-order valence-electron chi connectivity index (χ3n) is 15.2. The van der Waals surface area contributed by atoms with Crippen molar-refractivity contribution >= 4 is 34.7 Å². The molecule has 0 aliphatic rings. The molecule has 0 radical (unpaired) electrons. The van der Waals surface area contributed by atoms with E-state index in [0.717, 1.165) is 36.4 Å². The summed E-state index contributed by atoms with van der Waals surface area (Å²) in [5, 5.41) is 0. The van der Waals surface area contributed by atoms with Crippen LogP contribution in [0, 0.1) is 211 Å². The number of unbranched alkanes of at least 4 members (excludes halogenated alkanes) is 30. The first-order valence-electron chi connectivity index (χ1n) is 34.7. The summed E-state index contributed by atoms with van der Waals surface area (Å²) in [6.07, 6.45) is 51.8. The quantitative estimate of drug-likeness (QED) is 0.0109. The fourth-order valence-electron chi connectivity index (χ4n) is 9.24. The molecule has 0 saturated heterocycles.